The number of hydrogen-bond acceptors (Lipinski definition) is 2. The van der Waals surface area contributed by atoms with E-state index in [0.717, 1.165) is 25.7 Å². The smallest absolute Gasteiger partial charge is 0.309 e. The molecule has 0 saturated heterocycles. The maximum absolute atomic E-state index is 11.3. The fraction of sp³-hybridized carbons (Fsp3) is 0.750. The molecular formula is C12H20O2. The first-order valence-electron chi connectivity index (χ1n) is 5.66. The van der Waals surface area contributed by atoms with Gasteiger partial charge in [-0.15, -0.1) is 0 Å². The van der Waals surface area contributed by atoms with Gasteiger partial charge in [0, 0.05) is 0 Å². The third-order valence-corrected chi connectivity index (χ3v) is 2.52. The van der Waals surface area contributed by atoms with Crippen LogP contribution >= 0.6 is 0 Å². The Bertz CT molecular complexity index is 206. The van der Waals surface area contributed by atoms with Crippen molar-refractivity contribution in [3.05, 3.63) is 11.6 Å². The molecule has 0 N–H and O–H groups in total. The number of ether oxygens (including phenoxy) is 1. The first-order valence-corrected chi connectivity index (χ1v) is 5.66. The summed E-state index contributed by atoms with van der Waals surface area (Å²) in [6.07, 6.45) is 9.50. The second-order valence-corrected chi connectivity index (χ2v) is 3.86. The Morgan fingerprint density at radius 2 is 2.36 bits per heavy atom. The molecule has 0 amide bonds. The minimum atomic E-state index is -0.0494. The molecule has 2 heteroatoms. The van der Waals surface area contributed by atoms with Gasteiger partial charge in [0.1, 0.15) is 0 Å². The number of hydrogen-bond donors (Lipinski definition) is 0. The second-order valence-electron chi connectivity index (χ2n) is 3.86. The van der Waals surface area contributed by atoms with Crippen LogP contribution in [-0.2, 0) is 9.53 Å². The van der Waals surface area contributed by atoms with Crippen LogP contribution in [0.4, 0.5) is 0 Å². The van der Waals surface area contributed by atoms with Crippen molar-refractivity contribution in [2.75, 3.05) is 6.61 Å². The van der Waals surface area contributed by atoms with Gasteiger partial charge in [-0.05, 0) is 32.1 Å². The van der Waals surface area contributed by atoms with E-state index in [1.165, 1.54) is 18.4 Å². The zero-order chi connectivity index (χ0) is 10.2. The van der Waals surface area contributed by atoms with E-state index in [-0.39, 0.29) is 5.97 Å². The van der Waals surface area contributed by atoms with Gasteiger partial charge in [0.05, 0.1) is 13.0 Å². The largest absolute Gasteiger partial charge is 0.465 e. The third kappa shape index (κ3) is 4.45. The molecule has 0 aromatic carbocycles. The maximum atomic E-state index is 11.3. The quantitative estimate of drug-likeness (QED) is 0.383. The van der Waals surface area contributed by atoms with Crippen LogP contribution in [-0.4, -0.2) is 12.6 Å². The number of rotatable bonds is 5. The van der Waals surface area contributed by atoms with Crippen molar-refractivity contribution in [1.29, 1.82) is 0 Å². The van der Waals surface area contributed by atoms with Crippen molar-refractivity contribution in [2.45, 2.75) is 51.9 Å². The number of esters is 1. The normalized spacial score (nSPS) is 16.2. The molecule has 0 aromatic rings. The average molecular weight is 196 g/mol. The molecule has 0 fully saturated rings. The fourth-order valence-electron chi connectivity index (χ4n) is 1.63. The monoisotopic (exact) mass is 196 g/mol. The standard InChI is InChI=1S/C12H20O2/c1-2-3-9-14-12(13)10-11-7-5-4-6-8-11/h7H,2-6,8-10H2,1H3. The summed E-state index contributed by atoms with van der Waals surface area (Å²) in [5.74, 6) is -0.0494. The Kier molecular flexibility index (Phi) is 5.35. The summed E-state index contributed by atoms with van der Waals surface area (Å²) in [6, 6.07) is 0. The highest BCUT2D eigenvalue weighted by Crippen LogP contribution is 2.20. The van der Waals surface area contributed by atoms with Gasteiger partial charge in [-0.2, -0.15) is 0 Å². The first kappa shape index (κ1) is 11.3. The SMILES string of the molecule is CCCCOC(=O)CC1=CCCCC1. The summed E-state index contributed by atoms with van der Waals surface area (Å²) in [4.78, 5) is 11.3. The van der Waals surface area contributed by atoms with Crippen molar-refractivity contribution in [3.8, 4) is 0 Å². The van der Waals surface area contributed by atoms with Gasteiger partial charge in [-0.3, -0.25) is 4.79 Å². The molecule has 0 heterocycles. The highest BCUT2D eigenvalue weighted by atomic mass is 16.5. The van der Waals surface area contributed by atoms with Crippen molar-refractivity contribution in [2.24, 2.45) is 0 Å². The molecule has 1 aliphatic carbocycles. The van der Waals surface area contributed by atoms with E-state index in [0.29, 0.717) is 13.0 Å². The zero-order valence-corrected chi connectivity index (χ0v) is 9.05. The van der Waals surface area contributed by atoms with Crippen LogP contribution in [0.25, 0.3) is 0 Å². The van der Waals surface area contributed by atoms with E-state index < -0.39 is 0 Å². The highest BCUT2D eigenvalue weighted by molar-refractivity contribution is 5.72. The van der Waals surface area contributed by atoms with Crippen LogP contribution in [0.3, 0.4) is 0 Å². The zero-order valence-electron chi connectivity index (χ0n) is 9.05. The Balaban J connectivity index is 2.15. The number of unbranched alkanes of at least 4 members (excludes halogenated alkanes) is 1. The number of carbonyl (C=O) groups is 1. The molecule has 0 saturated carbocycles. The molecule has 80 valence electrons. The molecule has 0 aliphatic heterocycles. The second kappa shape index (κ2) is 6.63. The molecule has 0 spiro atoms. The van der Waals surface area contributed by atoms with Gasteiger partial charge in [0.15, 0.2) is 0 Å². The van der Waals surface area contributed by atoms with E-state index in [1.807, 2.05) is 0 Å². The lowest BCUT2D eigenvalue weighted by molar-refractivity contribution is -0.142. The van der Waals surface area contributed by atoms with E-state index in [1.54, 1.807) is 0 Å². The summed E-state index contributed by atoms with van der Waals surface area (Å²) in [5.41, 5.74) is 1.28. The molecule has 14 heavy (non-hydrogen) atoms. The minimum Gasteiger partial charge on any atom is -0.465 e. The van der Waals surface area contributed by atoms with E-state index in [2.05, 4.69) is 13.0 Å². The average Bonchev–Trinajstić information content (AvgIpc) is 2.20. The van der Waals surface area contributed by atoms with Gasteiger partial charge < -0.3 is 4.74 Å². The predicted octanol–water partition coefficient (Wildman–Crippen LogP) is 3.22. The maximum Gasteiger partial charge on any atom is 0.309 e. The first-order chi connectivity index (χ1) is 6.83. The molecule has 1 rings (SSSR count). The Hall–Kier alpha value is -0.790. The Morgan fingerprint density at radius 3 is 3.00 bits per heavy atom. The van der Waals surface area contributed by atoms with E-state index >= 15 is 0 Å². The van der Waals surface area contributed by atoms with E-state index in [9.17, 15) is 4.79 Å². The van der Waals surface area contributed by atoms with Crippen molar-refractivity contribution in [3.63, 3.8) is 0 Å². The molecular weight excluding hydrogens is 176 g/mol. The lowest BCUT2D eigenvalue weighted by Crippen LogP contribution is -2.07. The lowest BCUT2D eigenvalue weighted by atomic mass is 9.97. The van der Waals surface area contributed by atoms with Crippen molar-refractivity contribution >= 4 is 5.97 Å². The molecule has 0 unspecified atom stereocenters. The number of allylic oxidation sites excluding steroid dienone is 1. The van der Waals surface area contributed by atoms with Crippen LogP contribution in [0.15, 0.2) is 11.6 Å². The summed E-state index contributed by atoms with van der Waals surface area (Å²) < 4.78 is 5.11. The Morgan fingerprint density at radius 1 is 1.50 bits per heavy atom. The van der Waals surface area contributed by atoms with E-state index in [4.69, 9.17) is 4.74 Å². The van der Waals surface area contributed by atoms with Gasteiger partial charge in [-0.1, -0.05) is 25.0 Å². The lowest BCUT2D eigenvalue weighted by Gasteiger charge is -2.11. The van der Waals surface area contributed by atoms with Crippen molar-refractivity contribution in [1.82, 2.24) is 0 Å². The van der Waals surface area contributed by atoms with Crippen LogP contribution < -0.4 is 0 Å². The van der Waals surface area contributed by atoms with Gasteiger partial charge in [0.25, 0.3) is 0 Å². The van der Waals surface area contributed by atoms with Gasteiger partial charge >= 0.3 is 5.97 Å². The highest BCUT2D eigenvalue weighted by Gasteiger charge is 2.09. The third-order valence-electron chi connectivity index (χ3n) is 2.52. The molecule has 0 bridgehead atoms. The van der Waals surface area contributed by atoms with Crippen LogP contribution in [0, 0.1) is 0 Å². The molecule has 2 nitrogen and oxygen atoms in total. The topological polar surface area (TPSA) is 26.3 Å². The molecule has 1 aliphatic rings. The van der Waals surface area contributed by atoms with Crippen molar-refractivity contribution < 1.29 is 9.53 Å². The van der Waals surface area contributed by atoms with Crippen LogP contribution in [0.5, 0.6) is 0 Å². The van der Waals surface area contributed by atoms with Gasteiger partial charge in [-0.25, -0.2) is 0 Å². The van der Waals surface area contributed by atoms with Gasteiger partial charge in [0.2, 0.25) is 0 Å². The summed E-state index contributed by atoms with van der Waals surface area (Å²) in [5, 5.41) is 0. The number of carbonyl (C=O) groups excluding carboxylic acids is 1. The summed E-state index contributed by atoms with van der Waals surface area (Å²) >= 11 is 0. The Labute approximate surface area is 86.3 Å². The predicted molar refractivity (Wildman–Crippen MR) is 57.0 cm³/mol. The molecule has 0 atom stereocenters. The summed E-state index contributed by atoms with van der Waals surface area (Å²) in [6.45, 7) is 2.68. The minimum absolute atomic E-state index is 0.0494. The van der Waals surface area contributed by atoms with Crippen LogP contribution in [0.2, 0.25) is 0 Å². The molecule has 0 aromatic heterocycles. The van der Waals surface area contributed by atoms with Crippen LogP contribution in [0.1, 0.15) is 51.9 Å². The molecule has 0 radical (unpaired) electrons. The fourth-order valence-corrected chi connectivity index (χ4v) is 1.63. The summed E-state index contributed by atoms with van der Waals surface area (Å²) in [7, 11) is 0.